The molecular formula is C20H15F2N5OS. The molecule has 29 heavy (non-hydrogen) atoms. The first-order valence-electron chi connectivity index (χ1n) is 9.08. The van der Waals surface area contributed by atoms with Gasteiger partial charge in [0.25, 0.3) is 5.91 Å². The lowest BCUT2D eigenvalue weighted by molar-refractivity contribution is 0.0638. The molecule has 0 spiro atoms. The number of hydrogen-bond acceptors (Lipinski definition) is 5. The minimum atomic E-state index is -0.384. The van der Waals surface area contributed by atoms with E-state index in [2.05, 4.69) is 15.2 Å². The summed E-state index contributed by atoms with van der Waals surface area (Å²) in [6, 6.07) is 10.0. The average Bonchev–Trinajstić information content (AvgIpc) is 3.33. The van der Waals surface area contributed by atoms with Crippen LogP contribution in [0.1, 0.15) is 29.1 Å². The van der Waals surface area contributed by atoms with Crippen molar-refractivity contribution >= 4 is 27.5 Å². The van der Waals surface area contributed by atoms with Crippen molar-refractivity contribution in [2.45, 2.75) is 19.5 Å². The second-order valence-corrected chi connectivity index (χ2v) is 7.85. The minimum absolute atomic E-state index is 0.185. The van der Waals surface area contributed by atoms with Gasteiger partial charge < -0.3 is 9.47 Å². The van der Waals surface area contributed by atoms with Gasteiger partial charge in [0.1, 0.15) is 17.2 Å². The van der Waals surface area contributed by atoms with Crippen LogP contribution < -0.4 is 0 Å². The fraction of sp³-hybridized carbons (Fsp3) is 0.200. The maximum atomic E-state index is 14.0. The van der Waals surface area contributed by atoms with Gasteiger partial charge in [-0.05, 0) is 43.3 Å². The molecule has 0 radical (unpaired) electrons. The van der Waals surface area contributed by atoms with E-state index in [4.69, 9.17) is 0 Å². The molecule has 0 bridgehead atoms. The van der Waals surface area contributed by atoms with Gasteiger partial charge in [0.15, 0.2) is 16.7 Å². The number of fused-ring (bicyclic) bond motifs is 2. The smallest absolute Gasteiger partial charge is 0.254 e. The lowest BCUT2D eigenvalue weighted by Gasteiger charge is -2.33. The van der Waals surface area contributed by atoms with Gasteiger partial charge in [0, 0.05) is 18.7 Å². The molecule has 0 unspecified atom stereocenters. The first-order valence-corrected chi connectivity index (χ1v) is 9.89. The summed E-state index contributed by atoms with van der Waals surface area (Å²) in [5, 5.41) is 9.14. The lowest BCUT2D eigenvalue weighted by Crippen LogP contribution is -2.41. The number of aromatic nitrogens is 4. The van der Waals surface area contributed by atoms with E-state index in [9.17, 15) is 13.6 Å². The van der Waals surface area contributed by atoms with Crippen molar-refractivity contribution in [1.82, 2.24) is 24.6 Å². The third kappa shape index (κ3) is 2.89. The Bertz CT molecular complexity index is 1230. The summed E-state index contributed by atoms with van der Waals surface area (Å²) in [4.78, 5) is 19.0. The summed E-state index contributed by atoms with van der Waals surface area (Å²) in [6.45, 7) is 2.82. The molecule has 0 fully saturated rings. The van der Waals surface area contributed by atoms with E-state index in [-0.39, 0.29) is 23.6 Å². The van der Waals surface area contributed by atoms with Gasteiger partial charge in [-0.2, -0.15) is 0 Å². The van der Waals surface area contributed by atoms with E-state index in [0.29, 0.717) is 40.8 Å². The monoisotopic (exact) mass is 411 g/mol. The van der Waals surface area contributed by atoms with Gasteiger partial charge >= 0.3 is 0 Å². The van der Waals surface area contributed by atoms with Crippen molar-refractivity contribution in [2.75, 3.05) is 6.54 Å². The fourth-order valence-corrected chi connectivity index (χ4v) is 4.56. The zero-order valence-corrected chi connectivity index (χ0v) is 16.2. The molecule has 9 heteroatoms. The lowest BCUT2D eigenvalue weighted by atomic mass is 10.1. The number of carbonyl (C=O) groups excluding carboxylic acids is 1. The van der Waals surface area contributed by atoms with Crippen LogP contribution in [0.3, 0.4) is 0 Å². The summed E-state index contributed by atoms with van der Waals surface area (Å²) < 4.78 is 29.8. The number of carbonyl (C=O) groups is 1. The number of benzene rings is 2. The fourth-order valence-electron chi connectivity index (χ4n) is 3.59. The van der Waals surface area contributed by atoms with E-state index in [1.807, 2.05) is 17.6 Å². The van der Waals surface area contributed by atoms with Gasteiger partial charge in [0.2, 0.25) is 0 Å². The Morgan fingerprint density at radius 1 is 1.10 bits per heavy atom. The van der Waals surface area contributed by atoms with Gasteiger partial charge in [-0.25, -0.2) is 13.8 Å². The van der Waals surface area contributed by atoms with Crippen molar-refractivity contribution in [3.8, 4) is 10.8 Å². The molecule has 1 aliphatic heterocycles. The summed E-state index contributed by atoms with van der Waals surface area (Å²) >= 11 is 1.36. The molecule has 146 valence electrons. The molecule has 0 N–H and O–H groups in total. The summed E-state index contributed by atoms with van der Waals surface area (Å²) in [5.41, 5.74) is 0.745. The van der Waals surface area contributed by atoms with Crippen LogP contribution in [-0.4, -0.2) is 37.1 Å². The molecule has 5 rings (SSSR count). The van der Waals surface area contributed by atoms with E-state index < -0.39 is 0 Å². The van der Waals surface area contributed by atoms with E-state index in [1.54, 1.807) is 11.0 Å². The molecule has 0 saturated heterocycles. The first-order chi connectivity index (χ1) is 14.0. The molecule has 4 aromatic rings. The molecule has 2 aromatic carbocycles. The number of amides is 1. The Morgan fingerprint density at radius 3 is 2.66 bits per heavy atom. The predicted molar refractivity (Wildman–Crippen MR) is 104 cm³/mol. The summed E-state index contributed by atoms with van der Waals surface area (Å²) in [5.74, 6) is 0.274. The highest BCUT2D eigenvalue weighted by molar-refractivity contribution is 7.21. The van der Waals surface area contributed by atoms with Crippen LogP contribution in [0.25, 0.3) is 21.0 Å². The van der Waals surface area contributed by atoms with Crippen molar-refractivity contribution in [3.63, 3.8) is 0 Å². The molecule has 1 amide bonds. The number of nitrogens with zero attached hydrogens (tertiary/aromatic N) is 5. The highest BCUT2D eigenvalue weighted by atomic mass is 32.1. The zero-order valence-electron chi connectivity index (χ0n) is 15.3. The van der Waals surface area contributed by atoms with E-state index in [0.717, 1.165) is 4.70 Å². The third-order valence-corrected chi connectivity index (χ3v) is 6.11. The van der Waals surface area contributed by atoms with Gasteiger partial charge in [-0.1, -0.05) is 6.07 Å². The van der Waals surface area contributed by atoms with Crippen molar-refractivity contribution in [2.24, 2.45) is 0 Å². The Labute approximate surface area is 168 Å². The van der Waals surface area contributed by atoms with Crippen LogP contribution in [0.2, 0.25) is 0 Å². The highest BCUT2D eigenvalue weighted by Gasteiger charge is 2.32. The summed E-state index contributed by atoms with van der Waals surface area (Å²) in [7, 11) is 0. The molecule has 0 saturated carbocycles. The van der Waals surface area contributed by atoms with Crippen LogP contribution in [0.5, 0.6) is 0 Å². The van der Waals surface area contributed by atoms with E-state index in [1.165, 1.54) is 41.7 Å². The largest absolute Gasteiger partial charge is 0.327 e. The third-order valence-electron chi connectivity index (χ3n) is 5.10. The number of thiazole rings is 1. The molecular weight excluding hydrogens is 396 g/mol. The SMILES string of the molecule is C[C@@H]1c2nnc(-c3nc4c(F)cccc4s3)n2CCN1C(=O)c1ccc(F)cc1. The maximum absolute atomic E-state index is 14.0. The standard InChI is InChI=1S/C20H15F2N5OS/c1-11-17-24-25-18(19-23-16-14(22)3-2-4-15(16)29-19)27(17)10-9-26(11)20(28)12-5-7-13(21)8-6-12/h2-8,11H,9-10H2,1H3/t11-/m1/s1. The quantitative estimate of drug-likeness (QED) is 0.499. The van der Waals surface area contributed by atoms with Crippen LogP contribution in [0.4, 0.5) is 8.78 Å². The van der Waals surface area contributed by atoms with Gasteiger partial charge in [-0.15, -0.1) is 21.5 Å². The summed E-state index contributed by atoms with van der Waals surface area (Å²) in [6.07, 6.45) is 0. The molecule has 0 aliphatic carbocycles. The second-order valence-electron chi connectivity index (χ2n) is 6.82. The predicted octanol–water partition coefficient (Wildman–Crippen LogP) is 4.05. The number of halogens is 2. The topological polar surface area (TPSA) is 63.9 Å². The van der Waals surface area contributed by atoms with Crippen LogP contribution in [-0.2, 0) is 6.54 Å². The zero-order chi connectivity index (χ0) is 20.1. The molecule has 2 aromatic heterocycles. The molecule has 1 aliphatic rings. The molecule has 3 heterocycles. The first kappa shape index (κ1) is 17.9. The van der Waals surface area contributed by atoms with Crippen molar-refractivity contribution < 1.29 is 13.6 Å². The highest BCUT2D eigenvalue weighted by Crippen LogP contribution is 2.34. The normalized spacial score (nSPS) is 16.2. The Morgan fingerprint density at radius 2 is 1.90 bits per heavy atom. The number of hydrogen-bond donors (Lipinski definition) is 0. The minimum Gasteiger partial charge on any atom is -0.327 e. The van der Waals surface area contributed by atoms with Crippen LogP contribution >= 0.6 is 11.3 Å². The van der Waals surface area contributed by atoms with Gasteiger partial charge in [0.05, 0.1) is 10.7 Å². The number of rotatable bonds is 2. The Balaban J connectivity index is 1.48. The van der Waals surface area contributed by atoms with E-state index >= 15 is 0 Å². The molecule has 6 nitrogen and oxygen atoms in total. The Hall–Kier alpha value is -3.20. The maximum Gasteiger partial charge on any atom is 0.254 e. The van der Waals surface area contributed by atoms with Crippen molar-refractivity contribution in [3.05, 3.63) is 65.5 Å². The Kier molecular flexibility index (Phi) is 4.13. The second kappa shape index (κ2) is 6.70. The number of para-hydroxylation sites is 1. The average molecular weight is 411 g/mol. The van der Waals surface area contributed by atoms with Crippen LogP contribution in [0, 0.1) is 11.6 Å². The van der Waals surface area contributed by atoms with Gasteiger partial charge in [-0.3, -0.25) is 4.79 Å². The van der Waals surface area contributed by atoms with Crippen LogP contribution in [0.15, 0.2) is 42.5 Å². The molecule has 1 atom stereocenters. The van der Waals surface area contributed by atoms with Crippen molar-refractivity contribution in [1.29, 1.82) is 0 Å².